The Hall–Kier alpha value is -2.17. The molecule has 1 unspecified atom stereocenters. The maximum absolute atomic E-state index is 12.7. The first kappa shape index (κ1) is 14.8. The molecule has 0 aliphatic carbocycles. The number of rotatable bonds is 3. The van der Waals surface area contributed by atoms with E-state index in [1.54, 1.807) is 12.1 Å². The summed E-state index contributed by atoms with van der Waals surface area (Å²) < 4.78 is 0. The van der Waals surface area contributed by atoms with Crippen LogP contribution in [0.4, 0.5) is 0 Å². The molecule has 0 spiro atoms. The fourth-order valence-electron chi connectivity index (χ4n) is 3.20. The molecular weight excluding hydrogens is 278 g/mol. The van der Waals surface area contributed by atoms with E-state index in [-0.39, 0.29) is 17.6 Å². The van der Waals surface area contributed by atoms with Crippen molar-refractivity contribution in [3.05, 3.63) is 40.3 Å². The number of carbonyl (C=O) groups excluding carboxylic acids is 1. The van der Waals surface area contributed by atoms with Crippen molar-refractivity contribution in [1.82, 2.24) is 14.9 Å². The van der Waals surface area contributed by atoms with Gasteiger partial charge >= 0.3 is 0 Å². The van der Waals surface area contributed by atoms with Gasteiger partial charge in [0.1, 0.15) is 0 Å². The van der Waals surface area contributed by atoms with Gasteiger partial charge in [-0.05, 0) is 37.3 Å². The molecule has 0 saturated carbocycles. The van der Waals surface area contributed by atoms with Crippen molar-refractivity contribution >= 4 is 16.9 Å². The molecule has 1 atom stereocenters. The summed E-state index contributed by atoms with van der Waals surface area (Å²) in [6.45, 7) is 5.02. The van der Waals surface area contributed by atoms with Crippen molar-refractivity contribution in [2.45, 2.75) is 39.2 Å². The van der Waals surface area contributed by atoms with Crippen LogP contribution in [0.15, 0.2) is 29.1 Å². The SMILES string of the molecule is CC(C)CC1CCCN1C(=O)c1nc2ccccc2[nH]c1=O. The minimum absolute atomic E-state index is 0.00866. The molecule has 1 aliphatic heterocycles. The highest BCUT2D eigenvalue weighted by Crippen LogP contribution is 2.24. The molecule has 0 radical (unpaired) electrons. The Bertz CT molecular complexity index is 751. The molecule has 1 saturated heterocycles. The summed E-state index contributed by atoms with van der Waals surface area (Å²) in [4.78, 5) is 33.8. The molecule has 1 amide bonds. The first-order chi connectivity index (χ1) is 10.6. The molecular formula is C17H21N3O2. The van der Waals surface area contributed by atoms with Crippen molar-refractivity contribution in [3.63, 3.8) is 0 Å². The summed E-state index contributed by atoms with van der Waals surface area (Å²) in [6.07, 6.45) is 2.97. The Balaban J connectivity index is 1.94. The zero-order valence-corrected chi connectivity index (χ0v) is 13.0. The van der Waals surface area contributed by atoms with Gasteiger partial charge in [0.25, 0.3) is 11.5 Å². The van der Waals surface area contributed by atoms with E-state index < -0.39 is 5.56 Å². The van der Waals surface area contributed by atoms with Crippen LogP contribution in [0.1, 0.15) is 43.6 Å². The summed E-state index contributed by atoms with van der Waals surface area (Å²) in [5.41, 5.74) is 0.905. The molecule has 1 N–H and O–H groups in total. The summed E-state index contributed by atoms with van der Waals surface area (Å²) in [5.74, 6) is 0.288. The quantitative estimate of drug-likeness (QED) is 0.947. The first-order valence-corrected chi connectivity index (χ1v) is 7.86. The maximum Gasteiger partial charge on any atom is 0.280 e. The Labute approximate surface area is 129 Å². The Morgan fingerprint density at radius 3 is 2.95 bits per heavy atom. The highest BCUT2D eigenvalue weighted by molar-refractivity contribution is 5.94. The normalized spacial score (nSPS) is 18.3. The van der Waals surface area contributed by atoms with Gasteiger partial charge < -0.3 is 9.88 Å². The predicted octanol–water partition coefficient (Wildman–Crippen LogP) is 2.57. The number of nitrogens with one attached hydrogen (secondary N) is 1. The van der Waals surface area contributed by atoms with E-state index in [1.807, 2.05) is 17.0 Å². The topological polar surface area (TPSA) is 66.1 Å². The van der Waals surface area contributed by atoms with Crippen molar-refractivity contribution in [1.29, 1.82) is 0 Å². The van der Waals surface area contributed by atoms with E-state index in [2.05, 4.69) is 23.8 Å². The third kappa shape index (κ3) is 2.75. The second kappa shape index (κ2) is 5.91. The average molecular weight is 299 g/mol. The molecule has 22 heavy (non-hydrogen) atoms. The van der Waals surface area contributed by atoms with E-state index in [1.165, 1.54) is 0 Å². The number of amides is 1. The van der Waals surface area contributed by atoms with Crippen molar-refractivity contribution < 1.29 is 4.79 Å². The molecule has 2 aromatic rings. The van der Waals surface area contributed by atoms with E-state index >= 15 is 0 Å². The number of carbonyl (C=O) groups is 1. The molecule has 1 fully saturated rings. The number of fused-ring (bicyclic) bond motifs is 1. The number of aromatic amines is 1. The van der Waals surface area contributed by atoms with Gasteiger partial charge in [0.2, 0.25) is 0 Å². The minimum atomic E-state index is -0.404. The summed E-state index contributed by atoms with van der Waals surface area (Å²) in [5, 5.41) is 0. The minimum Gasteiger partial charge on any atom is -0.334 e. The second-order valence-electron chi connectivity index (χ2n) is 6.36. The van der Waals surface area contributed by atoms with Gasteiger partial charge in [-0.2, -0.15) is 0 Å². The molecule has 5 heteroatoms. The Morgan fingerprint density at radius 1 is 1.41 bits per heavy atom. The van der Waals surface area contributed by atoms with Crippen LogP contribution < -0.4 is 5.56 Å². The third-order valence-electron chi connectivity index (χ3n) is 4.18. The number of likely N-dealkylation sites (tertiary alicyclic amines) is 1. The van der Waals surface area contributed by atoms with Crippen LogP contribution in [-0.2, 0) is 0 Å². The number of hydrogen-bond acceptors (Lipinski definition) is 3. The van der Waals surface area contributed by atoms with Crippen molar-refractivity contribution in [2.24, 2.45) is 5.92 Å². The number of benzene rings is 1. The molecule has 1 aromatic carbocycles. The summed E-state index contributed by atoms with van der Waals surface area (Å²) >= 11 is 0. The zero-order chi connectivity index (χ0) is 15.7. The first-order valence-electron chi connectivity index (χ1n) is 7.86. The third-order valence-corrected chi connectivity index (χ3v) is 4.18. The fraction of sp³-hybridized carbons (Fsp3) is 0.471. The molecule has 5 nitrogen and oxygen atoms in total. The largest absolute Gasteiger partial charge is 0.334 e. The van der Waals surface area contributed by atoms with Crippen LogP contribution in [-0.4, -0.2) is 33.4 Å². The summed E-state index contributed by atoms with van der Waals surface area (Å²) in [7, 11) is 0. The molecule has 116 valence electrons. The Morgan fingerprint density at radius 2 is 2.18 bits per heavy atom. The van der Waals surface area contributed by atoms with Gasteiger partial charge in [0.05, 0.1) is 11.0 Å². The highest BCUT2D eigenvalue weighted by atomic mass is 16.2. The summed E-state index contributed by atoms with van der Waals surface area (Å²) in [6, 6.07) is 7.49. The monoisotopic (exact) mass is 299 g/mol. The fourth-order valence-corrected chi connectivity index (χ4v) is 3.20. The molecule has 0 bridgehead atoms. The number of para-hydroxylation sites is 2. The van der Waals surface area contributed by atoms with Crippen LogP contribution in [0.2, 0.25) is 0 Å². The van der Waals surface area contributed by atoms with E-state index in [4.69, 9.17) is 0 Å². The van der Waals surface area contributed by atoms with Crippen molar-refractivity contribution in [2.75, 3.05) is 6.54 Å². The lowest BCUT2D eigenvalue weighted by atomic mass is 10.0. The van der Waals surface area contributed by atoms with Crippen LogP contribution in [0, 0.1) is 5.92 Å². The zero-order valence-electron chi connectivity index (χ0n) is 13.0. The van der Waals surface area contributed by atoms with Gasteiger partial charge in [0, 0.05) is 12.6 Å². The smallest absolute Gasteiger partial charge is 0.280 e. The number of hydrogen-bond donors (Lipinski definition) is 1. The van der Waals surface area contributed by atoms with Crippen LogP contribution in [0.3, 0.4) is 0 Å². The molecule has 1 aromatic heterocycles. The number of H-pyrrole nitrogens is 1. The van der Waals surface area contributed by atoms with E-state index in [0.29, 0.717) is 23.5 Å². The molecule has 1 aliphatic rings. The lowest BCUT2D eigenvalue weighted by molar-refractivity contribution is 0.0714. The van der Waals surface area contributed by atoms with Gasteiger partial charge in [-0.3, -0.25) is 9.59 Å². The lowest BCUT2D eigenvalue weighted by Gasteiger charge is -2.25. The Kier molecular flexibility index (Phi) is 3.96. The van der Waals surface area contributed by atoms with Gasteiger partial charge in [-0.15, -0.1) is 0 Å². The average Bonchev–Trinajstić information content (AvgIpc) is 2.93. The van der Waals surface area contributed by atoms with Crippen LogP contribution in [0.5, 0.6) is 0 Å². The standard InChI is InChI=1S/C17H21N3O2/c1-11(2)10-12-6-5-9-20(12)17(22)15-16(21)19-14-8-4-3-7-13(14)18-15/h3-4,7-8,11-12H,5-6,9-10H2,1-2H3,(H,19,21). The highest BCUT2D eigenvalue weighted by Gasteiger charge is 2.31. The maximum atomic E-state index is 12.7. The van der Waals surface area contributed by atoms with Gasteiger partial charge in [-0.25, -0.2) is 4.98 Å². The molecule has 3 rings (SSSR count). The number of aromatic nitrogens is 2. The van der Waals surface area contributed by atoms with Gasteiger partial charge in [0.15, 0.2) is 5.69 Å². The van der Waals surface area contributed by atoms with Gasteiger partial charge in [-0.1, -0.05) is 26.0 Å². The number of nitrogens with zero attached hydrogens (tertiary/aromatic N) is 2. The van der Waals surface area contributed by atoms with Crippen LogP contribution in [0.25, 0.3) is 11.0 Å². The van der Waals surface area contributed by atoms with Crippen molar-refractivity contribution in [3.8, 4) is 0 Å². The van der Waals surface area contributed by atoms with E-state index in [9.17, 15) is 9.59 Å². The lowest BCUT2D eigenvalue weighted by Crippen LogP contribution is -2.39. The van der Waals surface area contributed by atoms with E-state index in [0.717, 1.165) is 19.3 Å². The predicted molar refractivity (Wildman–Crippen MR) is 85.9 cm³/mol. The molecule has 2 heterocycles. The van der Waals surface area contributed by atoms with Crippen LogP contribution >= 0.6 is 0 Å². The second-order valence-corrected chi connectivity index (χ2v) is 6.36.